The van der Waals surface area contributed by atoms with Crippen LogP contribution in [0.15, 0.2) is 91.0 Å². The van der Waals surface area contributed by atoms with E-state index in [-0.39, 0.29) is 49.8 Å². The van der Waals surface area contributed by atoms with Gasteiger partial charge in [-0.25, -0.2) is 0 Å². The standard InChI is InChI=1S/C38H51N4O8P.Cu/c43-36(44)30-40-18-16-39(17-19-41(31-37(45)46)21-23-42(22-20-40)32-38(47)48)24-25-49-26-27-50-28-29-51(33-10-4-1-5-11-33,34-12-6-2-7-13-34)35-14-8-3-9-15-35;/h1-15H,16-32H2,(H2-,43,44,45,46,47,48);/q;+2/p-2/i;1+0. The molecule has 14 heteroatoms. The zero-order valence-corrected chi connectivity index (χ0v) is 31.3. The third-order valence-corrected chi connectivity index (χ3v) is 13.5. The molecule has 0 aliphatic carbocycles. The van der Waals surface area contributed by atoms with Crippen LogP contribution in [0.2, 0.25) is 0 Å². The van der Waals surface area contributed by atoms with E-state index in [1.54, 1.807) is 14.7 Å². The first kappa shape index (κ1) is 43.2. The van der Waals surface area contributed by atoms with Crippen molar-refractivity contribution in [1.82, 2.24) is 19.6 Å². The molecule has 3 aromatic rings. The molecule has 1 aliphatic heterocycles. The maximum Gasteiger partial charge on any atom is 2.00 e. The van der Waals surface area contributed by atoms with Crippen molar-refractivity contribution in [2.45, 2.75) is 0 Å². The molecular weight excluding hydrogens is 735 g/mol. The number of carbonyl (C=O) groups excluding carboxylic acids is 3. The number of benzene rings is 3. The normalized spacial score (nSPS) is 15.9. The fourth-order valence-electron chi connectivity index (χ4n) is 6.42. The summed E-state index contributed by atoms with van der Waals surface area (Å²) in [6.07, 6.45) is 0.842. The van der Waals surface area contributed by atoms with Crippen molar-refractivity contribution in [1.29, 1.82) is 0 Å². The van der Waals surface area contributed by atoms with Crippen LogP contribution in [0.25, 0.3) is 0 Å². The minimum absolute atomic E-state index is 0. The summed E-state index contributed by atoms with van der Waals surface area (Å²) < 4.78 is 12.1. The summed E-state index contributed by atoms with van der Waals surface area (Å²) in [7, 11) is -1.98. The van der Waals surface area contributed by atoms with Crippen molar-refractivity contribution >= 4 is 41.1 Å². The SMILES string of the molecule is O=C([O-])CN1CCN(CCOCCOCC[P+](c2ccccc2)(c2ccccc2)c2ccccc2)CCN(CC(=O)[O-])CCN(CC(=O)[O-])CC1.[64Cu+2]. The molecule has 0 N–H and O–H groups in total. The summed E-state index contributed by atoms with van der Waals surface area (Å²) >= 11 is 0. The molecule has 0 spiro atoms. The molecule has 0 atom stereocenters. The van der Waals surface area contributed by atoms with Crippen molar-refractivity contribution in [3.63, 3.8) is 0 Å². The Labute approximate surface area is 318 Å². The third-order valence-electron chi connectivity index (χ3n) is 9.07. The molecule has 1 fully saturated rings. The molecular formula is C38H49CuN4O8P. The summed E-state index contributed by atoms with van der Waals surface area (Å²) in [5, 5.41) is 38.1. The Bertz CT molecular complexity index is 1350. The predicted molar refractivity (Wildman–Crippen MR) is 192 cm³/mol. The van der Waals surface area contributed by atoms with Crippen molar-refractivity contribution < 1.29 is 56.2 Å². The molecule has 3 aromatic carbocycles. The molecule has 1 saturated heterocycles. The molecule has 285 valence electrons. The van der Waals surface area contributed by atoms with Crippen molar-refractivity contribution in [2.24, 2.45) is 0 Å². The second-order valence-electron chi connectivity index (χ2n) is 12.6. The second-order valence-corrected chi connectivity index (χ2v) is 16.2. The first-order valence-electron chi connectivity index (χ1n) is 17.5. The predicted octanol–water partition coefficient (Wildman–Crippen LogP) is -2.52. The molecule has 0 bridgehead atoms. The number of carbonyl (C=O) groups is 3. The van der Waals surface area contributed by atoms with E-state index in [0.29, 0.717) is 72.2 Å². The van der Waals surface area contributed by atoms with Crippen molar-refractivity contribution in [3.05, 3.63) is 91.0 Å². The second kappa shape index (κ2) is 23.4. The number of aliphatic carboxylic acids is 3. The van der Waals surface area contributed by atoms with Gasteiger partial charge in [0.25, 0.3) is 0 Å². The Morgan fingerprint density at radius 3 is 1.12 bits per heavy atom. The van der Waals surface area contributed by atoms with Gasteiger partial charge in [-0.05, 0) is 36.4 Å². The van der Waals surface area contributed by atoms with Gasteiger partial charge in [-0.3, -0.25) is 19.6 Å². The minimum atomic E-state index is -1.98. The molecule has 4 rings (SSSR count). The zero-order valence-electron chi connectivity index (χ0n) is 29.5. The van der Waals surface area contributed by atoms with Crippen LogP contribution >= 0.6 is 7.26 Å². The summed E-state index contributed by atoms with van der Waals surface area (Å²) in [5.41, 5.74) is 0. The molecule has 1 heterocycles. The summed E-state index contributed by atoms with van der Waals surface area (Å²) in [6, 6.07) is 32.0. The molecule has 1 aliphatic rings. The van der Waals surface area contributed by atoms with Crippen molar-refractivity contribution in [3.8, 4) is 0 Å². The maximum atomic E-state index is 11.4. The Morgan fingerprint density at radius 2 is 0.788 bits per heavy atom. The van der Waals surface area contributed by atoms with Gasteiger partial charge in [0.15, 0.2) is 0 Å². The topological polar surface area (TPSA) is 152 Å². The van der Waals surface area contributed by atoms with Gasteiger partial charge in [-0.1, -0.05) is 54.6 Å². The van der Waals surface area contributed by atoms with Crippen LogP contribution in [0.3, 0.4) is 0 Å². The number of nitrogens with zero attached hydrogens (tertiary/aromatic N) is 4. The summed E-state index contributed by atoms with van der Waals surface area (Å²) in [4.78, 5) is 41.4. The molecule has 0 saturated carbocycles. The van der Waals surface area contributed by atoms with Crippen LogP contribution < -0.4 is 31.2 Å². The van der Waals surface area contributed by atoms with Gasteiger partial charge in [-0.15, -0.1) is 0 Å². The number of carboxylic acids is 3. The molecule has 0 unspecified atom stereocenters. The summed E-state index contributed by atoms with van der Waals surface area (Å²) in [6.45, 7) is 4.51. The number of hydrogen-bond acceptors (Lipinski definition) is 12. The molecule has 12 nitrogen and oxygen atoms in total. The zero-order chi connectivity index (χ0) is 36.3. The Balaban J connectivity index is 0.00000729. The minimum Gasteiger partial charge on any atom is -0.549 e. The fraction of sp³-hybridized carbons (Fsp3) is 0.447. The van der Waals surface area contributed by atoms with E-state index in [1.165, 1.54) is 15.9 Å². The average molecular weight is 785 g/mol. The number of ether oxygens (including phenoxy) is 2. The van der Waals surface area contributed by atoms with Crippen LogP contribution in [0, 0.1) is 0 Å². The molecule has 52 heavy (non-hydrogen) atoms. The van der Waals surface area contributed by atoms with Gasteiger partial charge in [0.2, 0.25) is 0 Å². The smallest absolute Gasteiger partial charge is 0.549 e. The molecule has 0 amide bonds. The van der Waals surface area contributed by atoms with Crippen LogP contribution in [0.5, 0.6) is 0 Å². The fourth-order valence-corrected chi connectivity index (χ4v) is 10.5. The number of carboxylic acid groups (broad SMARTS) is 3. The van der Waals surface area contributed by atoms with E-state index in [4.69, 9.17) is 9.47 Å². The van der Waals surface area contributed by atoms with Crippen LogP contribution in [0.1, 0.15) is 0 Å². The van der Waals surface area contributed by atoms with E-state index in [1.807, 2.05) is 18.2 Å². The van der Waals surface area contributed by atoms with Crippen LogP contribution in [-0.4, -0.2) is 149 Å². The third kappa shape index (κ3) is 14.3. The number of rotatable bonds is 18. The van der Waals surface area contributed by atoms with E-state index >= 15 is 0 Å². The molecule has 1 radical (unpaired) electrons. The average Bonchev–Trinajstić information content (AvgIpc) is 3.12. The van der Waals surface area contributed by atoms with Gasteiger partial charge in [0, 0.05) is 78.5 Å². The molecule has 0 aromatic heterocycles. The van der Waals surface area contributed by atoms with Gasteiger partial charge >= 0.3 is 17.1 Å². The quantitative estimate of drug-likeness (QED) is 0.0762. The van der Waals surface area contributed by atoms with E-state index in [9.17, 15) is 29.7 Å². The number of hydrogen-bond donors (Lipinski definition) is 0. The Hall–Kier alpha value is -3.22. The van der Waals surface area contributed by atoms with Gasteiger partial charge in [-0.2, -0.15) is 0 Å². The largest absolute Gasteiger partial charge is 2.00 e. The van der Waals surface area contributed by atoms with Gasteiger partial charge in [0.05, 0.1) is 50.5 Å². The van der Waals surface area contributed by atoms with Gasteiger partial charge in [0.1, 0.15) is 23.2 Å². The van der Waals surface area contributed by atoms with Crippen LogP contribution in [-0.2, 0) is 40.9 Å². The van der Waals surface area contributed by atoms with Crippen LogP contribution in [0.4, 0.5) is 0 Å². The first-order valence-corrected chi connectivity index (χ1v) is 19.4. The monoisotopic (exact) mass is 784 g/mol. The Kier molecular flexibility index (Phi) is 19.5. The van der Waals surface area contributed by atoms with Crippen molar-refractivity contribution in [2.75, 3.05) is 111 Å². The Morgan fingerprint density at radius 1 is 0.481 bits per heavy atom. The van der Waals surface area contributed by atoms with E-state index < -0.39 is 25.2 Å². The maximum absolute atomic E-state index is 11.4. The van der Waals surface area contributed by atoms with E-state index in [0.717, 1.165) is 6.16 Å². The summed E-state index contributed by atoms with van der Waals surface area (Å²) in [5.74, 6) is -3.67. The van der Waals surface area contributed by atoms with E-state index in [2.05, 4.69) is 77.7 Å². The van der Waals surface area contributed by atoms with Gasteiger partial charge < -0.3 is 39.2 Å². The first-order chi connectivity index (χ1) is 24.8.